The van der Waals surface area contributed by atoms with Gasteiger partial charge in [0.2, 0.25) is 0 Å². The predicted molar refractivity (Wildman–Crippen MR) is 114 cm³/mol. The van der Waals surface area contributed by atoms with Crippen LogP contribution in [0.3, 0.4) is 0 Å². The highest BCUT2D eigenvalue weighted by atomic mass is 19.4. The largest absolute Gasteiger partial charge is 0.416 e. The second kappa shape index (κ2) is 7.16. The molecule has 0 aliphatic heterocycles. The van der Waals surface area contributed by atoms with E-state index in [0.29, 0.717) is 28.6 Å². The number of alkyl halides is 3. The highest BCUT2D eigenvalue weighted by Gasteiger charge is 2.37. The monoisotopic (exact) mass is 457 g/mol. The SMILES string of the molecule is C[C@H]1C[C@@H](N(C)C(=O)c2cc3c(cc2F)nc(N)c2cncn23)c2ccc(C(F)(F)F)cc21. The summed E-state index contributed by atoms with van der Waals surface area (Å²) in [6.45, 7) is 1.82. The van der Waals surface area contributed by atoms with Gasteiger partial charge in [0.05, 0.1) is 40.7 Å². The molecule has 0 radical (unpaired) electrons. The smallest absolute Gasteiger partial charge is 0.382 e. The normalized spacial score (nSPS) is 18.1. The molecular formula is C23H19F4N5O. The lowest BCUT2D eigenvalue weighted by Gasteiger charge is -2.26. The molecule has 10 heteroatoms. The molecule has 2 N–H and O–H groups in total. The quantitative estimate of drug-likeness (QED) is 0.433. The van der Waals surface area contributed by atoms with Gasteiger partial charge in [-0.05, 0) is 41.7 Å². The number of carbonyl (C=O) groups is 1. The van der Waals surface area contributed by atoms with E-state index in [1.807, 2.05) is 6.92 Å². The second-order valence-corrected chi connectivity index (χ2v) is 8.38. The molecule has 1 aliphatic carbocycles. The molecule has 2 heterocycles. The fourth-order valence-corrected chi connectivity index (χ4v) is 4.63. The van der Waals surface area contributed by atoms with Gasteiger partial charge >= 0.3 is 6.18 Å². The van der Waals surface area contributed by atoms with Crippen molar-refractivity contribution in [3.63, 3.8) is 0 Å². The van der Waals surface area contributed by atoms with Gasteiger partial charge < -0.3 is 10.6 Å². The maximum atomic E-state index is 15.0. The first-order chi connectivity index (χ1) is 15.6. The van der Waals surface area contributed by atoms with E-state index in [1.54, 1.807) is 4.40 Å². The predicted octanol–water partition coefficient (Wildman–Crippen LogP) is 4.94. The average Bonchev–Trinajstić information content (AvgIpc) is 3.37. The zero-order valence-corrected chi connectivity index (χ0v) is 17.7. The first-order valence-corrected chi connectivity index (χ1v) is 10.2. The molecule has 0 unspecified atom stereocenters. The van der Waals surface area contributed by atoms with Crippen LogP contribution in [0.15, 0.2) is 42.9 Å². The third-order valence-electron chi connectivity index (χ3n) is 6.36. The van der Waals surface area contributed by atoms with Crippen LogP contribution in [0.25, 0.3) is 16.6 Å². The molecule has 0 spiro atoms. The van der Waals surface area contributed by atoms with Gasteiger partial charge in [-0.3, -0.25) is 9.20 Å². The minimum Gasteiger partial charge on any atom is -0.382 e. The molecule has 4 aromatic rings. The number of hydrogen-bond donors (Lipinski definition) is 1. The third-order valence-corrected chi connectivity index (χ3v) is 6.36. The van der Waals surface area contributed by atoms with Gasteiger partial charge in [0.25, 0.3) is 5.91 Å². The molecule has 0 bridgehead atoms. The molecule has 2 atom stereocenters. The van der Waals surface area contributed by atoms with Crippen LogP contribution in [0.2, 0.25) is 0 Å². The molecule has 0 saturated heterocycles. The molecule has 33 heavy (non-hydrogen) atoms. The number of carbonyl (C=O) groups excluding carboxylic acids is 1. The highest BCUT2D eigenvalue weighted by molar-refractivity contribution is 5.98. The number of imidazole rings is 1. The standard InChI is InChI=1S/C23H19F4N5O/c1-11-5-18(13-4-3-12(6-14(11)13)23(25,26)27)31(2)22(33)15-7-19-17(8-16(15)24)30-21(28)20-9-29-10-32(19)20/h3-4,6-11,18H,5H2,1-2H3,(H2,28,30)/t11-,18+/m0/s1. The Balaban J connectivity index is 1.54. The summed E-state index contributed by atoms with van der Waals surface area (Å²) in [6, 6.07) is 5.64. The van der Waals surface area contributed by atoms with Gasteiger partial charge in [-0.15, -0.1) is 0 Å². The summed E-state index contributed by atoms with van der Waals surface area (Å²) in [6.07, 6.45) is -0.986. The number of hydrogen-bond acceptors (Lipinski definition) is 4. The summed E-state index contributed by atoms with van der Waals surface area (Å²) in [4.78, 5) is 22.9. The van der Waals surface area contributed by atoms with E-state index < -0.39 is 29.5 Å². The Kier molecular flexibility index (Phi) is 4.59. The van der Waals surface area contributed by atoms with Crippen LogP contribution in [0, 0.1) is 5.82 Å². The number of amides is 1. The number of aromatic nitrogens is 3. The average molecular weight is 457 g/mol. The molecule has 2 aromatic carbocycles. The summed E-state index contributed by atoms with van der Waals surface area (Å²) in [5.41, 5.74) is 7.46. The minimum atomic E-state index is -4.45. The lowest BCUT2D eigenvalue weighted by atomic mass is 10.0. The number of halogens is 4. The minimum absolute atomic E-state index is 0.167. The first-order valence-electron chi connectivity index (χ1n) is 10.2. The Bertz CT molecular complexity index is 1430. The highest BCUT2D eigenvalue weighted by Crippen LogP contribution is 2.45. The van der Waals surface area contributed by atoms with E-state index in [9.17, 15) is 22.4 Å². The van der Waals surface area contributed by atoms with Crippen molar-refractivity contribution >= 4 is 28.3 Å². The Morgan fingerprint density at radius 2 is 1.94 bits per heavy atom. The van der Waals surface area contributed by atoms with Gasteiger partial charge in [-0.2, -0.15) is 13.2 Å². The van der Waals surface area contributed by atoms with Gasteiger partial charge in [0, 0.05) is 13.1 Å². The molecule has 5 rings (SSSR count). The van der Waals surface area contributed by atoms with E-state index in [1.165, 1.54) is 36.6 Å². The van der Waals surface area contributed by atoms with E-state index in [-0.39, 0.29) is 22.8 Å². The van der Waals surface area contributed by atoms with Crippen LogP contribution in [0.5, 0.6) is 0 Å². The number of nitrogens with zero attached hydrogens (tertiary/aromatic N) is 4. The maximum Gasteiger partial charge on any atom is 0.416 e. The number of nitrogen functional groups attached to an aromatic ring is 1. The molecule has 2 aromatic heterocycles. The summed E-state index contributed by atoms with van der Waals surface area (Å²) < 4.78 is 56.0. The number of fused-ring (bicyclic) bond motifs is 4. The Morgan fingerprint density at radius 3 is 2.67 bits per heavy atom. The van der Waals surface area contributed by atoms with Crippen molar-refractivity contribution < 1.29 is 22.4 Å². The number of benzene rings is 2. The van der Waals surface area contributed by atoms with Crippen molar-refractivity contribution in [3.8, 4) is 0 Å². The second-order valence-electron chi connectivity index (χ2n) is 8.38. The van der Waals surface area contributed by atoms with Crippen LogP contribution < -0.4 is 5.73 Å². The maximum absolute atomic E-state index is 15.0. The van der Waals surface area contributed by atoms with Crippen LogP contribution in [0.1, 0.15) is 52.4 Å². The van der Waals surface area contributed by atoms with Crippen molar-refractivity contribution in [2.24, 2.45) is 0 Å². The Morgan fingerprint density at radius 1 is 1.18 bits per heavy atom. The molecule has 1 amide bonds. The van der Waals surface area contributed by atoms with Crippen molar-refractivity contribution in [3.05, 3.63) is 70.9 Å². The van der Waals surface area contributed by atoms with Crippen molar-refractivity contribution in [1.82, 2.24) is 19.3 Å². The lowest BCUT2D eigenvalue weighted by Crippen LogP contribution is -2.31. The number of nitrogens with two attached hydrogens (primary N) is 1. The molecule has 1 aliphatic rings. The van der Waals surface area contributed by atoms with Gasteiger partial charge in [0.15, 0.2) is 0 Å². The number of rotatable bonds is 2. The van der Waals surface area contributed by atoms with Crippen LogP contribution in [0.4, 0.5) is 23.4 Å². The molecular weight excluding hydrogens is 438 g/mol. The summed E-state index contributed by atoms with van der Waals surface area (Å²) >= 11 is 0. The van der Waals surface area contributed by atoms with Gasteiger partial charge in [-0.25, -0.2) is 14.4 Å². The molecule has 170 valence electrons. The van der Waals surface area contributed by atoms with E-state index in [2.05, 4.69) is 9.97 Å². The van der Waals surface area contributed by atoms with Crippen LogP contribution in [-0.2, 0) is 6.18 Å². The van der Waals surface area contributed by atoms with Crippen LogP contribution in [-0.4, -0.2) is 32.2 Å². The van der Waals surface area contributed by atoms with Crippen molar-refractivity contribution in [2.75, 3.05) is 12.8 Å². The van der Waals surface area contributed by atoms with E-state index in [0.717, 1.165) is 18.2 Å². The summed E-state index contributed by atoms with van der Waals surface area (Å²) in [5, 5.41) is 0. The van der Waals surface area contributed by atoms with Gasteiger partial charge in [0.1, 0.15) is 17.2 Å². The van der Waals surface area contributed by atoms with Crippen molar-refractivity contribution in [1.29, 1.82) is 0 Å². The first kappa shape index (κ1) is 21.2. The Hall–Kier alpha value is -3.69. The Labute approximate surface area is 185 Å². The molecule has 0 fully saturated rings. The molecule has 6 nitrogen and oxygen atoms in total. The van der Waals surface area contributed by atoms with E-state index in [4.69, 9.17) is 5.73 Å². The zero-order chi connectivity index (χ0) is 23.7. The molecule has 0 saturated carbocycles. The number of anilines is 1. The van der Waals surface area contributed by atoms with Crippen molar-refractivity contribution in [2.45, 2.75) is 31.5 Å². The fourth-order valence-electron chi connectivity index (χ4n) is 4.63. The summed E-state index contributed by atoms with van der Waals surface area (Å²) in [5.74, 6) is -1.33. The lowest BCUT2D eigenvalue weighted by molar-refractivity contribution is -0.137. The van der Waals surface area contributed by atoms with E-state index >= 15 is 0 Å². The summed E-state index contributed by atoms with van der Waals surface area (Å²) in [7, 11) is 1.53. The zero-order valence-electron chi connectivity index (χ0n) is 17.7. The third kappa shape index (κ3) is 3.28. The topological polar surface area (TPSA) is 76.5 Å². The van der Waals surface area contributed by atoms with Crippen LogP contribution >= 0.6 is 0 Å². The fraction of sp³-hybridized carbons (Fsp3) is 0.261. The van der Waals surface area contributed by atoms with Gasteiger partial charge in [-0.1, -0.05) is 13.0 Å².